The minimum atomic E-state index is -0.217. The highest BCUT2D eigenvalue weighted by Gasteiger charge is 2.33. The van der Waals surface area contributed by atoms with Crippen LogP contribution in [0.2, 0.25) is 0 Å². The lowest BCUT2D eigenvalue weighted by atomic mass is 10.1. The molecule has 0 unspecified atom stereocenters. The predicted octanol–water partition coefficient (Wildman–Crippen LogP) is 5.55. The number of nitrogens with zero attached hydrogens (tertiary/aromatic N) is 2. The Bertz CT molecular complexity index is 1420. The van der Waals surface area contributed by atoms with Crippen molar-refractivity contribution in [1.82, 2.24) is 9.47 Å². The van der Waals surface area contributed by atoms with E-state index in [1.165, 1.54) is 21.3 Å². The lowest BCUT2D eigenvalue weighted by Crippen LogP contribution is -2.30. The fourth-order valence-corrected chi connectivity index (χ4v) is 4.75. The third-order valence-electron chi connectivity index (χ3n) is 6.08. The van der Waals surface area contributed by atoms with Gasteiger partial charge < -0.3 is 14.0 Å². The first-order valence-electron chi connectivity index (χ1n) is 11.0. The molecular formula is C27H24N2O3S. The van der Waals surface area contributed by atoms with E-state index in [9.17, 15) is 4.79 Å². The zero-order valence-corrected chi connectivity index (χ0v) is 19.4. The number of rotatable bonds is 6. The zero-order chi connectivity index (χ0) is 22.9. The number of carbonyl (C=O) groups excluding carboxylic acids is 1. The number of thiocarbonyl (C=S) groups is 1. The molecule has 4 aromatic rings. The summed E-state index contributed by atoms with van der Waals surface area (Å²) in [6.45, 7) is 3.47. The van der Waals surface area contributed by atoms with Gasteiger partial charge in [0.1, 0.15) is 5.75 Å². The maximum atomic E-state index is 13.0. The molecule has 1 aliphatic rings. The zero-order valence-electron chi connectivity index (χ0n) is 18.6. The normalized spacial score (nSPS) is 15.1. The maximum Gasteiger partial charge on any atom is 0.297 e. The summed E-state index contributed by atoms with van der Waals surface area (Å²) in [4.78, 5) is 14.5. The van der Waals surface area contributed by atoms with Gasteiger partial charge in [0.2, 0.25) is 0 Å². The fourth-order valence-electron chi connectivity index (χ4n) is 4.49. The Morgan fingerprint density at radius 2 is 1.76 bits per heavy atom. The average molecular weight is 457 g/mol. The van der Waals surface area contributed by atoms with Gasteiger partial charge in [0.15, 0.2) is 5.76 Å². The highest BCUT2D eigenvalue weighted by atomic mass is 32.1. The number of amides is 1. The second kappa shape index (κ2) is 8.71. The van der Waals surface area contributed by atoms with Gasteiger partial charge in [0, 0.05) is 34.9 Å². The Morgan fingerprint density at radius 1 is 1.00 bits per heavy atom. The first kappa shape index (κ1) is 21.2. The van der Waals surface area contributed by atoms with Crippen LogP contribution in [0.5, 0.6) is 5.75 Å². The van der Waals surface area contributed by atoms with E-state index in [-0.39, 0.29) is 16.8 Å². The predicted molar refractivity (Wildman–Crippen MR) is 135 cm³/mol. The Balaban J connectivity index is 1.42. The van der Waals surface area contributed by atoms with Crippen molar-refractivity contribution in [2.75, 3.05) is 13.7 Å². The van der Waals surface area contributed by atoms with E-state index in [0.717, 1.165) is 28.8 Å². The number of fused-ring (bicyclic) bond motifs is 3. The molecular weight excluding hydrogens is 432 g/mol. The van der Waals surface area contributed by atoms with Crippen molar-refractivity contribution in [2.24, 2.45) is 0 Å². The average Bonchev–Trinajstić information content (AvgIpc) is 3.30. The summed E-state index contributed by atoms with van der Waals surface area (Å²) >= 11 is 5.35. The Morgan fingerprint density at radius 3 is 2.58 bits per heavy atom. The lowest BCUT2D eigenvalue weighted by Gasteiger charge is -2.13. The highest BCUT2D eigenvalue weighted by Crippen LogP contribution is 2.31. The number of benzene rings is 3. The van der Waals surface area contributed by atoms with E-state index in [1.807, 2.05) is 30.3 Å². The van der Waals surface area contributed by atoms with Crippen molar-refractivity contribution >= 4 is 51.2 Å². The van der Waals surface area contributed by atoms with E-state index in [1.54, 1.807) is 13.2 Å². The van der Waals surface area contributed by atoms with Crippen LogP contribution in [0.4, 0.5) is 0 Å². The van der Waals surface area contributed by atoms with E-state index in [4.69, 9.17) is 21.7 Å². The summed E-state index contributed by atoms with van der Waals surface area (Å²) in [5.41, 5.74) is 4.30. The third kappa shape index (κ3) is 3.76. The SMILES string of the molecule is CCn1c2ccccc2c2cc(/C=C3/OC(=S)N(CCc4ccccc4OC)C3=O)ccc21. The van der Waals surface area contributed by atoms with Gasteiger partial charge in [-0.15, -0.1) is 0 Å². The van der Waals surface area contributed by atoms with Crippen LogP contribution in [0.15, 0.2) is 72.5 Å². The number of hydrogen-bond donors (Lipinski definition) is 0. The van der Waals surface area contributed by atoms with E-state index in [0.29, 0.717) is 13.0 Å². The van der Waals surface area contributed by atoms with Crippen LogP contribution >= 0.6 is 12.2 Å². The molecule has 1 saturated heterocycles. The standard InChI is InChI=1S/C27H24N2O3S/c1-3-28-22-10-6-5-9-20(22)21-16-18(12-13-23(21)28)17-25-26(30)29(27(33)32-25)15-14-19-8-4-7-11-24(19)31-2/h4-13,16-17H,3,14-15H2,1-2H3/b25-17+. The summed E-state index contributed by atoms with van der Waals surface area (Å²) < 4.78 is 13.4. The molecule has 0 N–H and O–H groups in total. The summed E-state index contributed by atoms with van der Waals surface area (Å²) in [6.07, 6.45) is 2.39. The van der Waals surface area contributed by atoms with Crippen molar-refractivity contribution in [3.05, 3.63) is 83.6 Å². The first-order valence-corrected chi connectivity index (χ1v) is 11.4. The Hall–Kier alpha value is -3.64. The minimum absolute atomic E-state index is 0.185. The van der Waals surface area contributed by atoms with Crippen LogP contribution in [-0.2, 0) is 22.5 Å². The number of aryl methyl sites for hydroxylation is 1. The largest absolute Gasteiger partial charge is 0.496 e. The summed E-state index contributed by atoms with van der Waals surface area (Å²) in [6, 6.07) is 22.4. The molecule has 1 aromatic heterocycles. The summed E-state index contributed by atoms with van der Waals surface area (Å²) in [5.74, 6) is 0.830. The topological polar surface area (TPSA) is 43.7 Å². The second-order valence-electron chi connectivity index (χ2n) is 7.93. The van der Waals surface area contributed by atoms with E-state index >= 15 is 0 Å². The number of ether oxygens (including phenoxy) is 2. The first-order chi connectivity index (χ1) is 16.1. The van der Waals surface area contributed by atoms with Crippen molar-refractivity contribution in [1.29, 1.82) is 0 Å². The molecule has 0 radical (unpaired) electrons. The number of aromatic nitrogens is 1. The molecule has 0 bridgehead atoms. The molecule has 0 saturated carbocycles. The van der Waals surface area contributed by atoms with Gasteiger partial charge in [-0.25, -0.2) is 0 Å². The van der Waals surface area contributed by atoms with Gasteiger partial charge in [0.05, 0.1) is 7.11 Å². The maximum absolute atomic E-state index is 13.0. The van der Waals surface area contributed by atoms with Crippen LogP contribution in [0, 0.1) is 0 Å². The van der Waals surface area contributed by atoms with Gasteiger partial charge in [-0.2, -0.15) is 0 Å². The van der Waals surface area contributed by atoms with Gasteiger partial charge in [-0.3, -0.25) is 9.69 Å². The Labute approximate surface area is 197 Å². The van der Waals surface area contributed by atoms with Gasteiger partial charge in [-0.1, -0.05) is 42.5 Å². The minimum Gasteiger partial charge on any atom is -0.496 e. The lowest BCUT2D eigenvalue weighted by molar-refractivity contribution is -0.122. The van der Waals surface area contributed by atoms with Crippen LogP contribution in [0.25, 0.3) is 27.9 Å². The Kier molecular flexibility index (Phi) is 5.60. The number of methoxy groups -OCH3 is 1. The van der Waals surface area contributed by atoms with E-state index < -0.39 is 0 Å². The van der Waals surface area contributed by atoms with Crippen molar-refractivity contribution in [2.45, 2.75) is 19.9 Å². The number of hydrogen-bond acceptors (Lipinski definition) is 4. The molecule has 3 aromatic carbocycles. The summed E-state index contributed by atoms with van der Waals surface area (Å²) in [7, 11) is 1.64. The van der Waals surface area contributed by atoms with Crippen LogP contribution < -0.4 is 4.74 Å². The molecule has 166 valence electrons. The van der Waals surface area contributed by atoms with Crippen molar-refractivity contribution < 1.29 is 14.3 Å². The molecule has 1 amide bonds. The van der Waals surface area contributed by atoms with Crippen molar-refractivity contribution in [3.8, 4) is 5.75 Å². The van der Waals surface area contributed by atoms with E-state index in [2.05, 4.69) is 47.9 Å². The third-order valence-corrected chi connectivity index (χ3v) is 6.38. The second-order valence-corrected chi connectivity index (χ2v) is 8.28. The molecule has 1 aliphatic heterocycles. The molecule has 0 aliphatic carbocycles. The number of para-hydroxylation sites is 2. The van der Waals surface area contributed by atoms with Gasteiger partial charge in [-0.05, 0) is 67.0 Å². The van der Waals surface area contributed by atoms with Crippen molar-refractivity contribution in [3.63, 3.8) is 0 Å². The van der Waals surface area contributed by atoms with Gasteiger partial charge in [0.25, 0.3) is 11.1 Å². The van der Waals surface area contributed by atoms with Crippen LogP contribution in [0.1, 0.15) is 18.1 Å². The molecule has 0 atom stereocenters. The smallest absolute Gasteiger partial charge is 0.297 e. The summed E-state index contributed by atoms with van der Waals surface area (Å²) in [5, 5.41) is 2.54. The van der Waals surface area contributed by atoms with Crippen LogP contribution in [-0.4, -0.2) is 34.2 Å². The van der Waals surface area contributed by atoms with Crippen LogP contribution in [0.3, 0.4) is 0 Å². The van der Waals surface area contributed by atoms with Gasteiger partial charge >= 0.3 is 0 Å². The molecule has 2 heterocycles. The molecule has 0 spiro atoms. The highest BCUT2D eigenvalue weighted by molar-refractivity contribution is 7.80. The monoisotopic (exact) mass is 456 g/mol. The molecule has 6 heteroatoms. The quantitative estimate of drug-likeness (QED) is 0.282. The number of carbonyl (C=O) groups is 1. The molecule has 1 fully saturated rings. The molecule has 5 nitrogen and oxygen atoms in total. The molecule has 33 heavy (non-hydrogen) atoms. The fraction of sp³-hybridized carbons (Fsp3) is 0.185. The molecule has 5 rings (SSSR count).